The monoisotopic (exact) mass is 221 g/mol. The van der Waals surface area contributed by atoms with Crippen LogP contribution in [0.15, 0.2) is 18.2 Å². The summed E-state index contributed by atoms with van der Waals surface area (Å²) < 4.78 is 0. The molecule has 0 atom stereocenters. The summed E-state index contributed by atoms with van der Waals surface area (Å²) in [6.45, 7) is 6.01. The van der Waals surface area contributed by atoms with Gasteiger partial charge >= 0.3 is 0 Å². The molecule has 0 bridgehead atoms. The lowest BCUT2D eigenvalue weighted by atomic mass is 9.93. The molecule has 0 unspecified atom stereocenters. The number of nitrogens with zero attached hydrogens (tertiary/aromatic N) is 1. The second-order valence-electron chi connectivity index (χ2n) is 3.63. The van der Waals surface area contributed by atoms with Crippen LogP contribution < -0.4 is 0 Å². The molecule has 0 amide bonds. The summed E-state index contributed by atoms with van der Waals surface area (Å²) >= 11 is 6.08. The zero-order chi connectivity index (χ0) is 11.5. The minimum Gasteiger partial charge on any atom is -0.197 e. The Morgan fingerprint density at radius 3 is 2.33 bits per heavy atom. The Morgan fingerprint density at radius 1 is 1.33 bits per heavy atom. The largest absolute Gasteiger partial charge is 0.197 e. The predicted molar refractivity (Wildman–Crippen MR) is 64.1 cm³/mol. The molecule has 1 aliphatic rings. The highest BCUT2D eigenvalue weighted by Crippen LogP contribution is 2.50. The molecule has 80 valence electrons. The third kappa shape index (κ3) is 2.16. The van der Waals surface area contributed by atoms with Crippen molar-refractivity contribution < 1.29 is 0 Å². The Labute approximate surface area is 96.7 Å². The van der Waals surface area contributed by atoms with E-state index in [4.69, 9.17) is 16.9 Å². The van der Waals surface area contributed by atoms with E-state index in [1.54, 1.807) is 0 Å². The van der Waals surface area contributed by atoms with Gasteiger partial charge in [-0.15, -0.1) is 0 Å². The van der Waals surface area contributed by atoms with Gasteiger partial charge in [-0.25, -0.2) is 0 Å². The van der Waals surface area contributed by atoms with Crippen molar-refractivity contribution in [1.29, 1.82) is 5.26 Å². The molecule has 0 heterocycles. The van der Waals surface area contributed by atoms with E-state index in [1.807, 2.05) is 39.0 Å². The van der Waals surface area contributed by atoms with Gasteiger partial charge in [0.2, 0.25) is 0 Å². The Morgan fingerprint density at radius 2 is 1.93 bits per heavy atom. The number of halogens is 1. The first-order valence-corrected chi connectivity index (χ1v) is 5.74. The molecule has 0 spiro atoms. The minimum atomic E-state index is -0.261. The third-order valence-electron chi connectivity index (χ3n) is 2.66. The molecule has 1 aromatic rings. The van der Waals surface area contributed by atoms with E-state index in [-0.39, 0.29) is 5.41 Å². The lowest BCUT2D eigenvalue weighted by Crippen LogP contribution is -2.05. The van der Waals surface area contributed by atoms with Crippen LogP contribution in [0, 0.1) is 18.3 Å². The molecule has 2 rings (SSSR count). The fourth-order valence-electron chi connectivity index (χ4n) is 1.78. The van der Waals surface area contributed by atoms with E-state index in [0.29, 0.717) is 0 Å². The number of hydrogen-bond donors (Lipinski definition) is 0. The highest BCUT2D eigenvalue weighted by molar-refractivity contribution is 6.31. The molecule has 15 heavy (non-hydrogen) atoms. The van der Waals surface area contributed by atoms with Crippen LogP contribution in [0.4, 0.5) is 0 Å². The van der Waals surface area contributed by atoms with Crippen molar-refractivity contribution in [1.82, 2.24) is 0 Å². The SMILES string of the molecule is CC.Cc1cccc(Cl)c1C1(C#N)CC1. The Kier molecular flexibility index (Phi) is 3.77. The Bertz CT molecular complexity index is 366. The molecular formula is C13H16ClN. The van der Waals surface area contributed by atoms with Crippen molar-refractivity contribution in [3.05, 3.63) is 34.3 Å². The standard InChI is InChI=1S/C11H10ClN.C2H6/c1-8-3-2-4-9(12)10(8)11(7-13)5-6-11;1-2/h2-4H,5-6H2,1H3;1-2H3. The third-order valence-corrected chi connectivity index (χ3v) is 2.98. The van der Waals surface area contributed by atoms with Crippen LogP contribution >= 0.6 is 11.6 Å². The van der Waals surface area contributed by atoms with Gasteiger partial charge in [-0.2, -0.15) is 5.26 Å². The average Bonchev–Trinajstić information content (AvgIpc) is 3.02. The van der Waals surface area contributed by atoms with E-state index in [9.17, 15) is 0 Å². The number of aryl methyl sites for hydroxylation is 1. The summed E-state index contributed by atoms with van der Waals surface area (Å²) in [5.74, 6) is 0. The zero-order valence-corrected chi connectivity index (χ0v) is 10.2. The quantitative estimate of drug-likeness (QED) is 0.696. The van der Waals surface area contributed by atoms with Gasteiger partial charge in [0.05, 0.1) is 11.5 Å². The van der Waals surface area contributed by atoms with Crippen LogP contribution in [-0.2, 0) is 5.41 Å². The highest BCUT2D eigenvalue weighted by Gasteiger charge is 2.46. The summed E-state index contributed by atoms with van der Waals surface area (Å²) in [6.07, 6.45) is 1.90. The highest BCUT2D eigenvalue weighted by atomic mass is 35.5. The zero-order valence-electron chi connectivity index (χ0n) is 9.47. The fraction of sp³-hybridized carbons (Fsp3) is 0.462. The molecule has 1 fully saturated rings. The van der Waals surface area contributed by atoms with Crippen LogP contribution in [0.2, 0.25) is 5.02 Å². The lowest BCUT2D eigenvalue weighted by Gasteiger charge is -2.11. The normalized spacial score (nSPS) is 15.9. The van der Waals surface area contributed by atoms with E-state index >= 15 is 0 Å². The van der Waals surface area contributed by atoms with Gasteiger partial charge in [0.1, 0.15) is 0 Å². The maximum Gasteiger partial charge on any atom is 0.0840 e. The number of hydrogen-bond acceptors (Lipinski definition) is 1. The minimum absolute atomic E-state index is 0.261. The predicted octanol–water partition coefficient (Wildman–Crippen LogP) is 4.23. The molecule has 0 aliphatic heterocycles. The van der Waals surface area contributed by atoms with Gasteiger partial charge in [-0.1, -0.05) is 37.6 Å². The van der Waals surface area contributed by atoms with Crippen molar-refractivity contribution in [2.75, 3.05) is 0 Å². The lowest BCUT2D eigenvalue weighted by molar-refractivity contribution is 0.896. The van der Waals surface area contributed by atoms with Crippen LogP contribution in [0.3, 0.4) is 0 Å². The van der Waals surface area contributed by atoms with Crippen LogP contribution in [0.1, 0.15) is 37.8 Å². The van der Waals surface area contributed by atoms with Crippen molar-refractivity contribution in [3.8, 4) is 6.07 Å². The Hall–Kier alpha value is -1.00. The summed E-state index contributed by atoms with van der Waals surface area (Å²) in [4.78, 5) is 0. The molecule has 1 saturated carbocycles. The van der Waals surface area contributed by atoms with E-state index in [2.05, 4.69) is 6.07 Å². The van der Waals surface area contributed by atoms with E-state index < -0.39 is 0 Å². The van der Waals surface area contributed by atoms with Crippen molar-refractivity contribution >= 4 is 11.6 Å². The summed E-state index contributed by atoms with van der Waals surface area (Å²) in [6, 6.07) is 8.17. The average molecular weight is 222 g/mol. The molecule has 0 radical (unpaired) electrons. The molecule has 1 aromatic carbocycles. The van der Waals surface area contributed by atoms with Gasteiger partial charge in [0, 0.05) is 5.02 Å². The van der Waals surface area contributed by atoms with Gasteiger partial charge in [0.15, 0.2) is 0 Å². The second kappa shape index (κ2) is 4.68. The van der Waals surface area contributed by atoms with Gasteiger partial charge in [0.25, 0.3) is 0 Å². The fourth-order valence-corrected chi connectivity index (χ4v) is 2.18. The first kappa shape index (κ1) is 12.1. The van der Waals surface area contributed by atoms with Crippen molar-refractivity contribution in [3.63, 3.8) is 0 Å². The van der Waals surface area contributed by atoms with Crippen LogP contribution in [0.25, 0.3) is 0 Å². The maximum atomic E-state index is 9.05. The molecule has 2 heteroatoms. The molecule has 1 aliphatic carbocycles. The van der Waals surface area contributed by atoms with E-state index in [0.717, 1.165) is 29.0 Å². The Balaban J connectivity index is 0.000000531. The molecule has 1 nitrogen and oxygen atoms in total. The van der Waals surface area contributed by atoms with Gasteiger partial charge in [-0.05, 0) is 37.0 Å². The number of benzene rings is 1. The first-order chi connectivity index (χ1) is 7.19. The smallest absolute Gasteiger partial charge is 0.0840 e. The van der Waals surface area contributed by atoms with Crippen LogP contribution in [0.5, 0.6) is 0 Å². The van der Waals surface area contributed by atoms with Crippen LogP contribution in [-0.4, -0.2) is 0 Å². The van der Waals surface area contributed by atoms with Gasteiger partial charge < -0.3 is 0 Å². The molecular weight excluding hydrogens is 206 g/mol. The van der Waals surface area contributed by atoms with Crippen molar-refractivity contribution in [2.24, 2.45) is 0 Å². The maximum absolute atomic E-state index is 9.05. The topological polar surface area (TPSA) is 23.8 Å². The molecule has 0 saturated heterocycles. The molecule has 0 aromatic heterocycles. The number of rotatable bonds is 1. The second-order valence-corrected chi connectivity index (χ2v) is 4.03. The summed E-state index contributed by atoms with van der Waals surface area (Å²) in [7, 11) is 0. The summed E-state index contributed by atoms with van der Waals surface area (Å²) in [5, 5.41) is 9.79. The number of nitriles is 1. The summed E-state index contributed by atoms with van der Waals surface area (Å²) in [5.41, 5.74) is 1.91. The van der Waals surface area contributed by atoms with Crippen molar-refractivity contribution in [2.45, 2.75) is 39.0 Å². The molecule has 0 N–H and O–H groups in total. The van der Waals surface area contributed by atoms with Gasteiger partial charge in [-0.3, -0.25) is 0 Å². The van der Waals surface area contributed by atoms with E-state index in [1.165, 1.54) is 0 Å². The first-order valence-electron chi connectivity index (χ1n) is 5.36.